The highest BCUT2D eigenvalue weighted by atomic mass is 16.2. The van der Waals surface area contributed by atoms with E-state index in [1.165, 1.54) is 18.5 Å². The van der Waals surface area contributed by atoms with Gasteiger partial charge in [-0.3, -0.25) is 14.5 Å². The van der Waals surface area contributed by atoms with E-state index >= 15 is 0 Å². The van der Waals surface area contributed by atoms with Crippen molar-refractivity contribution in [2.24, 2.45) is 0 Å². The number of amides is 1. The Hall–Kier alpha value is -1.62. The van der Waals surface area contributed by atoms with Crippen LogP contribution in [-0.4, -0.2) is 52.9 Å². The van der Waals surface area contributed by atoms with E-state index in [0.29, 0.717) is 13.1 Å². The van der Waals surface area contributed by atoms with Gasteiger partial charge in [-0.25, -0.2) is 0 Å². The molecule has 0 atom stereocenters. The monoisotopic (exact) mass is 249 g/mol. The number of piperazine rings is 1. The molecule has 1 N–H and O–H groups in total. The second kappa shape index (κ2) is 4.57. The number of carbonyl (C=O) groups excluding carboxylic acids is 1. The molecule has 0 radical (unpaired) electrons. The quantitative estimate of drug-likeness (QED) is 0.790. The van der Waals surface area contributed by atoms with Crippen LogP contribution < -0.4 is 5.43 Å². The predicted molar refractivity (Wildman–Crippen MR) is 69.7 cm³/mol. The number of nitrogens with zero attached hydrogens (tertiary/aromatic N) is 2. The molecule has 0 bridgehead atoms. The zero-order valence-corrected chi connectivity index (χ0v) is 11.1. The van der Waals surface area contributed by atoms with Crippen LogP contribution in [0.2, 0.25) is 0 Å². The van der Waals surface area contributed by atoms with Crippen molar-refractivity contribution in [3.05, 3.63) is 34.2 Å². The van der Waals surface area contributed by atoms with Gasteiger partial charge in [-0.1, -0.05) is 0 Å². The number of pyridine rings is 1. The molecule has 1 aliphatic rings. The summed E-state index contributed by atoms with van der Waals surface area (Å²) in [4.78, 5) is 30.7. The number of likely N-dealkylation sites (N-methyl/N-ethyl adjacent to an activating group) is 1. The second-order valence-electron chi connectivity index (χ2n) is 5.38. The summed E-state index contributed by atoms with van der Waals surface area (Å²) < 4.78 is 0. The molecular formula is C13H19N3O2. The number of nitrogens with one attached hydrogen (secondary N) is 1. The number of hydrogen-bond acceptors (Lipinski definition) is 3. The largest absolute Gasteiger partial charge is 0.367 e. The standard InChI is InChI=1S/C13H19N3O2/c1-13(2)9-16(7-6-15(13)3)12(18)10-8-14-5-4-11(10)17/h4-5,8H,6-7,9H2,1-3H3,(H,14,17). The van der Waals surface area contributed by atoms with Gasteiger partial charge >= 0.3 is 0 Å². The summed E-state index contributed by atoms with van der Waals surface area (Å²) in [5.41, 5.74) is -0.0662. The normalized spacial score (nSPS) is 19.8. The fourth-order valence-corrected chi connectivity index (χ4v) is 2.17. The summed E-state index contributed by atoms with van der Waals surface area (Å²) >= 11 is 0. The molecule has 5 nitrogen and oxygen atoms in total. The van der Waals surface area contributed by atoms with Gasteiger partial charge in [-0.05, 0) is 20.9 Å². The lowest BCUT2D eigenvalue weighted by Crippen LogP contribution is -2.59. The van der Waals surface area contributed by atoms with Crippen molar-refractivity contribution in [3.8, 4) is 0 Å². The van der Waals surface area contributed by atoms with E-state index in [2.05, 4.69) is 30.8 Å². The highest BCUT2D eigenvalue weighted by molar-refractivity contribution is 5.93. The molecule has 1 saturated heterocycles. The average molecular weight is 249 g/mol. The van der Waals surface area contributed by atoms with Crippen molar-refractivity contribution in [3.63, 3.8) is 0 Å². The Morgan fingerprint density at radius 1 is 1.39 bits per heavy atom. The molecule has 0 spiro atoms. The van der Waals surface area contributed by atoms with Crippen LogP contribution in [0.5, 0.6) is 0 Å². The Balaban J connectivity index is 2.21. The molecule has 0 aromatic carbocycles. The van der Waals surface area contributed by atoms with Crippen LogP contribution in [-0.2, 0) is 0 Å². The van der Waals surface area contributed by atoms with E-state index in [1.54, 1.807) is 4.90 Å². The highest BCUT2D eigenvalue weighted by Gasteiger charge is 2.33. The van der Waals surface area contributed by atoms with Crippen LogP contribution in [0.25, 0.3) is 0 Å². The van der Waals surface area contributed by atoms with Crippen molar-refractivity contribution in [2.45, 2.75) is 19.4 Å². The first-order chi connectivity index (χ1) is 8.42. The zero-order chi connectivity index (χ0) is 13.3. The summed E-state index contributed by atoms with van der Waals surface area (Å²) in [5, 5.41) is 0. The first kappa shape index (κ1) is 12.8. The Labute approximate surface area is 106 Å². The molecular weight excluding hydrogens is 230 g/mol. The maximum Gasteiger partial charge on any atom is 0.259 e. The molecule has 0 unspecified atom stereocenters. The van der Waals surface area contributed by atoms with Crippen LogP contribution in [0.1, 0.15) is 24.2 Å². The Bertz CT molecular complexity index is 507. The van der Waals surface area contributed by atoms with E-state index < -0.39 is 0 Å². The number of aromatic nitrogens is 1. The van der Waals surface area contributed by atoms with Gasteiger partial charge in [0.2, 0.25) is 0 Å². The molecule has 0 aliphatic carbocycles. The third-order valence-corrected chi connectivity index (χ3v) is 3.66. The minimum atomic E-state index is -0.226. The second-order valence-corrected chi connectivity index (χ2v) is 5.38. The van der Waals surface area contributed by atoms with E-state index in [4.69, 9.17) is 0 Å². The third kappa shape index (κ3) is 2.31. The fraction of sp³-hybridized carbons (Fsp3) is 0.538. The van der Waals surface area contributed by atoms with E-state index in [9.17, 15) is 9.59 Å². The lowest BCUT2D eigenvalue weighted by Gasteiger charge is -2.45. The highest BCUT2D eigenvalue weighted by Crippen LogP contribution is 2.19. The van der Waals surface area contributed by atoms with Crippen LogP contribution in [0, 0.1) is 0 Å². The molecule has 2 rings (SSSR count). The summed E-state index contributed by atoms with van der Waals surface area (Å²) in [6.07, 6.45) is 3.02. The molecule has 2 heterocycles. The van der Waals surface area contributed by atoms with E-state index in [-0.39, 0.29) is 22.4 Å². The summed E-state index contributed by atoms with van der Waals surface area (Å²) in [6.45, 7) is 6.32. The molecule has 1 aliphatic heterocycles. The SMILES string of the molecule is CN1CCN(C(=O)c2c[nH]ccc2=O)CC1(C)C. The molecule has 98 valence electrons. The van der Waals surface area contributed by atoms with Crippen molar-refractivity contribution < 1.29 is 4.79 Å². The predicted octanol–water partition coefficient (Wildman–Crippen LogP) is 0.541. The molecule has 1 aromatic heterocycles. The molecule has 5 heteroatoms. The van der Waals surface area contributed by atoms with E-state index in [0.717, 1.165) is 6.54 Å². The van der Waals surface area contributed by atoms with Crippen LogP contribution >= 0.6 is 0 Å². The first-order valence-corrected chi connectivity index (χ1v) is 6.09. The van der Waals surface area contributed by atoms with Gasteiger partial charge in [0.15, 0.2) is 5.43 Å². The molecule has 1 fully saturated rings. The van der Waals surface area contributed by atoms with Gasteiger partial charge in [0.05, 0.1) is 0 Å². The van der Waals surface area contributed by atoms with Crippen molar-refractivity contribution in [1.82, 2.24) is 14.8 Å². The molecule has 1 aromatic rings. The number of rotatable bonds is 1. The Kier molecular flexibility index (Phi) is 3.26. The zero-order valence-electron chi connectivity index (χ0n) is 11.1. The van der Waals surface area contributed by atoms with Gasteiger partial charge in [0.25, 0.3) is 5.91 Å². The van der Waals surface area contributed by atoms with Crippen LogP contribution in [0.15, 0.2) is 23.3 Å². The van der Waals surface area contributed by atoms with Crippen molar-refractivity contribution >= 4 is 5.91 Å². The van der Waals surface area contributed by atoms with E-state index in [1.807, 2.05) is 0 Å². The summed E-state index contributed by atoms with van der Waals surface area (Å²) in [6, 6.07) is 1.38. The van der Waals surface area contributed by atoms with Crippen molar-refractivity contribution in [1.29, 1.82) is 0 Å². The lowest BCUT2D eigenvalue weighted by atomic mass is 9.99. The molecule has 18 heavy (non-hydrogen) atoms. The maximum atomic E-state index is 12.3. The molecule has 0 saturated carbocycles. The minimum absolute atomic E-state index is 0.0601. The van der Waals surface area contributed by atoms with Crippen molar-refractivity contribution in [2.75, 3.05) is 26.7 Å². The number of hydrogen-bond donors (Lipinski definition) is 1. The van der Waals surface area contributed by atoms with Gasteiger partial charge in [0, 0.05) is 43.6 Å². The number of aromatic amines is 1. The summed E-state index contributed by atoms with van der Waals surface area (Å²) in [5.74, 6) is -0.182. The topological polar surface area (TPSA) is 56.4 Å². The smallest absolute Gasteiger partial charge is 0.259 e. The molecule has 1 amide bonds. The van der Waals surface area contributed by atoms with Gasteiger partial charge < -0.3 is 9.88 Å². The lowest BCUT2D eigenvalue weighted by molar-refractivity contribution is 0.0310. The van der Waals surface area contributed by atoms with Gasteiger partial charge in [-0.2, -0.15) is 0 Å². The maximum absolute atomic E-state index is 12.3. The minimum Gasteiger partial charge on any atom is -0.367 e. The van der Waals surface area contributed by atoms with Crippen LogP contribution in [0.3, 0.4) is 0 Å². The Morgan fingerprint density at radius 2 is 2.11 bits per heavy atom. The fourth-order valence-electron chi connectivity index (χ4n) is 2.17. The summed E-state index contributed by atoms with van der Waals surface area (Å²) in [7, 11) is 2.05. The van der Waals surface area contributed by atoms with Gasteiger partial charge in [0.1, 0.15) is 5.56 Å². The van der Waals surface area contributed by atoms with Gasteiger partial charge in [-0.15, -0.1) is 0 Å². The average Bonchev–Trinajstić information content (AvgIpc) is 2.32. The Morgan fingerprint density at radius 3 is 2.72 bits per heavy atom. The number of H-pyrrole nitrogens is 1. The van der Waals surface area contributed by atoms with Crippen LogP contribution in [0.4, 0.5) is 0 Å². The number of carbonyl (C=O) groups is 1. The first-order valence-electron chi connectivity index (χ1n) is 6.09. The third-order valence-electron chi connectivity index (χ3n) is 3.66.